The number of hydrazone groups is 1. The zero-order chi connectivity index (χ0) is 19.2. The average molecular weight is 427 g/mol. The van der Waals surface area contributed by atoms with Gasteiger partial charge < -0.3 is 4.74 Å². The van der Waals surface area contributed by atoms with Crippen molar-refractivity contribution in [1.82, 2.24) is 15.6 Å². The molecule has 0 bridgehead atoms. The number of benzene rings is 2. The van der Waals surface area contributed by atoms with Crippen LogP contribution in [0.15, 0.2) is 64.2 Å². The maximum Gasteiger partial charge on any atom is 0.289 e. The van der Waals surface area contributed by atoms with Gasteiger partial charge in [0.1, 0.15) is 11.4 Å². The van der Waals surface area contributed by atoms with Crippen LogP contribution in [0.3, 0.4) is 0 Å². The molecule has 3 aromatic rings. The fourth-order valence-electron chi connectivity index (χ4n) is 2.43. The third kappa shape index (κ3) is 4.83. The second-order valence-corrected chi connectivity index (χ2v) is 6.68. The van der Waals surface area contributed by atoms with Crippen LogP contribution in [0.4, 0.5) is 0 Å². The van der Waals surface area contributed by atoms with Gasteiger partial charge in [-0.25, -0.2) is 5.43 Å². The monoisotopic (exact) mass is 426 g/mol. The van der Waals surface area contributed by atoms with E-state index in [9.17, 15) is 4.79 Å². The molecule has 0 saturated carbocycles. The van der Waals surface area contributed by atoms with Gasteiger partial charge in [-0.3, -0.25) is 9.89 Å². The molecule has 1 amide bonds. The number of nitrogens with one attached hydrogen (secondary N) is 2. The highest BCUT2D eigenvalue weighted by Crippen LogP contribution is 2.21. The van der Waals surface area contributed by atoms with Crippen LogP contribution >= 0.6 is 15.9 Å². The molecule has 6 nitrogen and oxygen atoms in total. The largest absolute Gasteiger partial charge is 0.494 e. The SMILES string of the molecule is CCOc1ccc(-c2cc(C(=O)N/N=C(\C)c3ccc(Br)cc3)[nH]n2)cc1. The Balaban J connectivity index is 1.67. The number of H-pyrrole nitrogens is 1. The molecule has 0 saturated heterocycles. The standard InChI is InChI=1S/C20H19BrN4O2/c1-3-27-17-10-6-15(7-11-17)18-12-19(24-23-18)20(26)25-22-13(2)14-4-8-16(21)9-5-14/h4-12H,3H2,1-2H3,(H,23,24)(H,25,26)/b22-13+. The molecular formula is C20H19BrN4O2. The van der Waals surface area contributed by atoms with E-state index in [1.54, 1.807) is 6.07 Å². The van der Waals surface area contributed by atoms with Crippen molar-refractivity contribution in [1.29, 1.82) is 0 Å². The second-order valence-electron chi connectivity index (χ2n) is 5.77. The van der Waals surface area contributed by atoms with Crippen molar-refractivity contribution in [2.45, 2.75) is 13.8 Å². The minimum absolute atomic E-state index is 0.339. The van der Waals surface area contributed by atoms with Crippen LogP contribution in [0, 0.1) is 0 Å². The van der Waals surface area contributed by atoms with Gasteiger partial charge >= 0.3 is 0 Å². The van der Waals surface area contributed by atoms with Crippen LogP contribution in [0.2, 0.25) is 0 Å². The summed E-state index contributed by atoms with van der Waals surface area (Å²) in [5.74, 6) is 0.448. The lowest BCUT2D eigenvalue weighted by Crippen LogP contribution is -2.19. The Hall–Kier alpha value is -2.93. The molecule has 1 heterocycles. The molecule has 0 aliphatic carbocycles. The van der Waals surface area contributed by atoms with Gasteiger partial charge in [-0.15, -0.1) is 0 Å². The predicted molar refractivity (Wildman–Crippen MR) is 109 cm³/mol. The summed E-state index contributed by atoms with van der Waals surface area (Å²) in [6.07, 6.45) is 0. The Labute approximate surface area is 165 Å². The number of carbonyl (C=O) groups is 1. The molecule has 0 spiro atoms. The lowest BCUT2D eigenvalue weighted by atomic mass is 10.1. The molecule has 0 radical (unpaired) electrons. The molecule has 0 unspecified atom stereocenters. The van der Waals surface area contributed by atoms with Crippen molar-refractivity contribution < 1.29 is 9.53 Å². The number of ether oxygens (including phenoxy) is 1. The second kappa shape index (κ2) is 8.64. The van der Waals surface area contributed by atoms with Crippen molar-refractivity contribution in [3.63, 3.8) is 0 Å². The Morgan fingerprint density at radius 3 is 2.56 bits per heavy atom. The van der Waals surface area contributed by atoms with Gasteiger partial charge in [0.15, 0.2) is 0 Å². The zero-order valence-electron chi connectivity index (χ0n) is 15.0. The first-order valence-corrected chi connectivity index (χ1v) is 9.25. The Morgan fingerprint density at radius 2 is 1.89 bits per heavy atom. The maximum atomic E-state index is 12.3. The number of halogens is 1. The number of rotatable bonds is 6. The first kappa shape index (κ1) is 18.8. The number of aromatic nitrogens is 2. The first-order valence-electron chi connectivity index (χ1n) is 8.46. The van der Waals surface area contributed by atoms with Crippen LogP contribution in [0.5, 0.6) is 5.75 Å². The molecule has 27 heavy (non-hydrogen) atoms. The quantitative estimate of drug-likeness (QED) is 0.452. The fourth-order valence-corrected chi connectivity index (χ4v) is 2.69. The fraction of sp³-hybridized carbons (Fsp3) is 0.150. The highest BCUT2D eigenvalue weighted by molar-refractivity contribution is 9.10. The number of nitrogens with zero attached hydrogens (tertiary/aromatic N) is 2. The van der Waals surface area contributed by atoms with E-state index >= 15 is 0 Å². The highest BCUT2D eigenvalue weighted by Gasteiger charge is 2.11. The van der Waals surface area contributed by atoms with Gasteiger partial charge in [-0.2, -0.15) is 10.2 Å². The van der Waals surface area contributed by atoms with E-state index in [1.165, 1.54) is 0 Å². The molecule has 0 aliphatic heterocycles. The van der Waals surface area contributed by atoms with Gasteiger partial charge in [0.25, 0.3) is 5.91 Å². The summed E-state index contributed by atoms with van der Waals surface area (Å²) in [5.41, 5.74) is 6.10. The Kier molecular flexibility index (Phi) is 6.03. The normalized spacial score (nSPS) is 11.3. The van der Waals surface area contributed by atoms with Crippen LogP contribution < -0.4 is 10.2 Å². The van der Waals surface area contributed by atoms with Gasteiger partial charge in [0, 0.05) is 10.0 Å². The topological polar surface area (TPSA) is 79.4 Å². The minimum atomic E-state index is -0.351. The van der Waals surface area contributed by atoms with E-state index in [0.29, 0.717) is 23.7 Å². The summed E-state index contributed by atoms with van der Waals surface area (Å²) in [6, 6.07) is 16.9. The molecule has 3 rings (SSSR count). The van der Waals surface area contributed by atoms with E-state index in [-0.39, 0.29) is 5.91 Å². The molecule has 2 aromatic carbocycles. The van der Waals surface area contributed by atoms with Crippen LogP contribution in [0.1, 0.15) is 29.9 Å². The molecule has 0 fully saturated rings. The Morgan fingerprint density at radius 1 is 1.19 bits per heavy atom. The van der Waals surface area contributed by atoms with E-state index in [4.69, 9.17) is 4.74 Å². The molecular weight excluding hydrogens is 408 g/mol. The summed E-state index contributed by atoms with van der Waals surface area (Å²) in [6.45, 7) is 4.39. The summed E-state index contributed by atoms with van der Waals surface area (Å²) in [7, 11) is 0. The third-order valence-corrected chi connectivity index (χ3v) is 4.40. The van der Waals surface area contributed by atoms with Gasteiger partial charge in [0.2, 0.25) is 0 Å². The number of hydrogen-bond acceptors (Lipinski definition) is 4. The van der Waals surface area contributed by atoms with E-state index < -0.39 is 0 Å². The summed E-state index contributed by atoms with van der Waals surface area (Å²) < 4.78 is 6.42. The van der Waals surface area contributed by atoms with Crippen molar-refractivity contribution in [3.8, 4) is 17.0 Å². The number of amides is 1. The van der Waals surface area contributed by atoms with Gasteiger partial charge in [0.05, 0.1) is 18.0 Å². The molecule has 7 heteroatoms. The van der Waals surface area contributed by atoms with Crippen LogP contribution in [-0.4, -0.2) is 28.4 Å². The van der Waals surface area contributed by atoms with Crippen molar-refractivity contribution in [3.05, 3.63) is 70.3 Å². The minimum Gasteiger partial charge on any atom is -0.494 e. The number of hydrogen-bond donors (Lipinski definition) is 2. The molecule has 0 aliphatic rings. The van der Waals surface area contributed by atoms with Crippen molar-refractivity contribution in [2.24, 2.45) is 5.10 Å². The van der Waals surface area contributed by atoms with Gasteiger partial charge in [-0.1, -0.05) is 28.1 Å². The van der Waals surface area contributed by atoms with Crippen LogP contribution in [0.25, 0.3) is 11.3 Å². The highest BCUT2D eigenvalue weighted by atomic mass is 79.9. The number of carbonyl (C=O) groups excluding carboxylic acids is 1. The summed E-state index contributed by atoms with van der Waals surface area (Å²) >= 11 is 3.39. The first-order chi connectivity index (χ1) is 13.1. The summed E-state index contributed by atoms with van der Waals surface area (Å²) in [5, 5.41) is 11.1. The maximum absolute atomic E-state index is 12.3. The van der Waals surface area contributed by atoms with E-state index in [0.717, 1.165) is 21.3 Å². The molecule has 138 valence electrons. The smallest absolute Gasteiger partial charge is 0.289 e. The van der Waals surface area contributed by atoms with Crippen molar-refractivity contribution >= 4 is 27.5 Å². The Bertz CT molecular complexity index is 947. The van der Waals surface area contributed by atoms with E-state index in [1.807, 2.05) is 62.4 Å². The van der Waals surface area contributed by atoms with Crippen molar-refractivity contribution in [2.75, 3.05) is 6.61 Å². The molecule has 2 N–H and O–H groups in total. The summed E-state index contributed by atoms with van der Waals surface area (Å²) in [4.78, 5) is 12.3. The zero-order valence-corrected chi connectivity index (χ0v) is 16.6. The number of aromatic amines is 1. The average Bonchev–Trinajstić information content (AvgIpc) is 3.17. The lowest BCUT2D eigenvalue weighted by Gasteiger charge is -2.03. The lowest BCUT2D eigenvalue weighted by molar-refractivity contribution is 0.0950. The molecule has 0 atom stereocenters. The van der Waals surface area contributed by atoms with E-state index in [2.05, 4.69) is 36.7 Å². The molecule has 1 aromatic heterocycles. The third-order valence-electron chi connectivity index (χ3n) is 3.87. The van der Waals surface area contributed by atoms with Crippen LogP contribution in [-0.2, 0) is 0 Å². The van der Waals surface area contributed by atoms with Gasteiger partial charge in [-0.05, 0) is 61.9 Å². The predicted octanol–water partition coefficient (Wildman–Crippen LogP) is 4.39.